The molecule has 2 unspecified atom stereocenters. The van der Waals surface area contributed by atoms with Gasteiger partial charge in [-0.3, -0.25) is 0 Å². The van der Waals surface area contributed by atoms with Crippen molar-refractivity contribution in [3.05, 3.63) is 17.0 Å². The van der Waals surface area contributed by atoms with Gasteiger partial charge in [0.2, 0.25) is 0 Å². The van der Waals surface area contributed by atoms with Crippen molar-refractivity contribution in [1.82, 2.24) is 9.97 Å². The van der Waals surface area contributed by atoms with Crippen molar-refractivity contribution in [2.45, 2.75) is 44.8 Å². The van der Waals surface area contributed by atoms with Crippen LogP contribution in [0.4, 0.5) is 5.82 Å². The molecule has 1 heterocycles. The summed E-state index contributed by atoms with van der Waals surface area (Å²) in [5, 5.41) is 13.5. The van der Waals surface area contributed by atoms with Crippen molar-refractivity contribution >= 4 is 17.4 Å². The van der Waals surface area contributed by atoms with Crippen molar-refractivity contribution < 1.29 is 5.11 Å². The number of rotatable bonds is 2. The normalized spacial score (nSPS) is 25.4. The minimum atomic E-state index is -0.289. The quantitative estimate of drug-likeness (QED) is 0.779. The second-order valence-corrected chi connectivity index (χ2v) is 4.61. The molecule has 0 aliphatic heterocycles. The summed E-state index contributed by atoms with van der Waals surface area (Å²) >= 11 is 5.85. The first-order valence-corrected chi connectivity index (χ1v) is 5.99. The summed E-state index contributed by atoms with van der Waals surface area (Å²) in [5.41, 5.74) is 0. The molecule has 4 nitrogen and oxygen atoms in total. The number of halogens is 1. The number of aryl methyl sites for hydroxylation is 1. The molecule has 0 amide bonds. The Balaban J connectivity index is 2.07. The third kappa shape index (κ3) is 2.83. The summed E-state index contributed by atoms with van der Waals surface area (Å²) in [6.07, 6.45) is 3.79. The van der Waals surface area contributed by atoms with Crippen LogP contribution in [-0.2, 0) is 0 Å². The van der Waals surface area contributed by atoms with E-state index < -0.39 is 0 Å². The Labute approximate surface area is 100 Å². The summed E-state index contributed by atoms with van der Waals surface area (Å²) in [5.74, 6) is 1.34. The molecule has 1 saturated carbocycles. The standard InChI is InChI=1S/C11H16ClN3O/c1-7-13-10(12)6-11(14-7)15-8-4-2-3-5-9(8)16/h6,8-9,16H,2-5H2,1H3,(H,13,14,15). The maximum atomic E-state index is 9.83. The second-order valence-electron chi connectivity index (χ2n) is 4.23. The summed E-state index contributed by atoms with van der Waals surface area (Å²) in [7, 11) is 0. The molecule has 2 atom stereocenters. The third-order valence-electron chi connectivity index (χ3n) is 2.87. The summed E-state index contributed by atoms with van der Waals surface area (Å²) < 4.78 is 0. The molecular formula is C11H16ClN3O. The van der Waals surface area contributed by atoms with Crippen LogP contribution in [0.15, 0.2) is 6.07 Å². The molecule has 5 heteroatoms. The zero-order valence-electron chi connectivity index (χ0n) is 9.28. The van der Waals surface area contributed by atoms with E-state index >= 15 is 0 Å². The summed E-state index contributed by atoms with van der Waals surface area (Å²) in [4.78, 5) is 8.24. The predicted molar refractivity (Wildman–Crippen MR) is 63.7 cm³/mol. The monoisotopic (exact) mass is 241 g/mol. The second kappa shape index (κ2) is 4.97. The molecule has 16 heavy (non-hydrogen) atoms. The summed E-state index contributed by atoms with van der Waals surface area (Å²) in [6.45, 7) is 1.80. The van der Waals surface area contributed by atoms with Gasteiger partial charge in [-0.05, 0) is 19.8 Å². The van der Waals surface area contributed by atoms with E-state index in [0.717, 1.165) is 25.7 Å². The molecule has 1 aliphatic rings. The molecule has 0 saturated heterocycles. The average molecular weight is 242 g/mol. The van der Waals surface area contributed by atoms with E-state index in [9.17, 15) is 5.11 Å². The third-order valence-corrected chi connectivity index (χ3v) is 3.06. The van der Waals surface area contributed by atoms with Crippen LogP contribution in [0.25, 0.3) is 0 Å². The van der Waals surface area contributed by atoms with Crippen LogP contribution in [0.2, 0.25) is 5.15 Å². The minimum Gasteiger partial charge on any atom is -0.391 e. The molecule has 1 fully saturated rings. The molecule has 0 spiro atoms. The molecule has 88 valence electrons. The van der Waals surface area contributed by atoms with Gasteiger partial charge in [0.1, 0.15) is 16.8 Å². The fraction of sp³-hybridized carbons (Fsp3) is 0.636. The first kappa shape index (κ1) is 11.6. The number of anilines is 1. The fourth-order valence-electron chi connectivity index (χ4n) is 2.07. The smallest absolute Gasteiger partial charge is 0.134 e. The lowest BCUT2D eigenvalue weighted by Gasteiger charge is -2.28. The molecule has 0 radical (unpaired) electrons. The molecule has 1 aromatic rings. The predicted octanol–water partition coefficient (Wildman–Crippen LogP) is 2.15. The van der Waals surface area contributed by atoms with Crippen LogP contribution in [-0.4, -0.2) is 27.2 Å². The van der Waals surface area contributed by atoms with Gasteiger partial charge >= 0.3 is 0 Å². The Bertz CT molecular complexity index is 352. The molecule has 0 bridgehead atoms. The van der Waals surface area contributed by atoms with Crippen molar-refractivity contribution in [1.29, 1.82) is 0 Å². The lowest BCUT2D eigenvalue weighted by Crippen LogP contribution is -2.36. The van der Waals surface area contributed by atoms with Gasteiger partial charge in [0.05, 0.1) is 12.1 Å². The zero-order valence-corrected chi connectivity index (χ0v) is 10.0. The van der Waals surface area contributed by atoms with Crippen molar-refractivity contribution in [3.8, 4) is 0 Å². The van der Waals surface area contributed by atoms with E-state index in [1.807, 2.05) is 0 Å². The van der Waals surface area contributed by atoms with Crippen LogP contribution in [0, 0.1) is 6.92 Å². The van der Waals surface area contributed by atoms with Gasteiger partial charge in [-0.25, -0.2) is 9.97 Å². The van der Waals surface area contributed by atoms with Crippen molar-refractivity contribution in [2.24, 2.45) is 0 Å². The number of aromatic nitrogens is 2. The number of hydrogen-bond acceptors (Lipinski definition) is 4. The van der Waals surface area contributed by atoms with E-state index in [0.29, 0.717) is 16.8 Å². The van der Waals surface area contributed by atoms with Gasteiger partial charge in [0.25, 0.3) is 0 Å². The van der Waals surface area contributed by atoms with E-state index in [-0.39, 0.29) is 12.1 Å². The highest BCUT2D eigenvalue weighted by molar-refractivity contribution is 6.29. The highest BCUT2D eigenvalue weighted by Gasteiger charge is 2.23. The van der Waals surface area contributed by atoms with Crippen LogP contribution in [0.1, 0.15) is 31.5 Å². The molecule has 2 rings (SSSR count). The Hall–Kier alpha value is -0.870. The minimum absolute atomic E-state index is 0.0825. The number of aliphatic hydroxyl groups excluding tert-OH is 1. The Morgan fingerprint density at radius 3 is 2.81 bits per heavy atom. The number of nitrogens with zero attached hydrogens (tertiary/aromatic N) is 2. The van der Waals surface area contributed by atoms with Gasteiger partial charge in [-0.15, -0.1) is 0 Å². The Kier molecular flexibility index (Phi) is 3.61. The Morgan fingerprint density at radius 1 is 1.38 bits per heavy atom. The topological polar surface area (TPSA) is 58.0 Å². The van der Waals surface area contributed by atoms with Gasteiger partial charge in [0, 0.05) is 6.07 Å². The van der Waals surface area contributed by atoms with Crippen LogP contribution < -0.4 is 5.32 Å². The SMILES string of the molecule is Cc1nc(Cl)cc(NC2CCCCC2O)n1. The Morgan fingerprint density at radius 2 is 2.12 bits per heavy atom. The van der Waals surface area contributed by atoms with E-state index in [4.69, 9.17) is 11.6 Å². The molecule has 1 aliphatic carbocycles. The first-order valence-electron chi connectivity index (χ1n) is 5.61. The lowest BCUT2D eigenvalue weighted by atomic mass is 9.93. The maximum Gasteiger partial charge on any atom is 0.134 e. The molecular weight excluding hydrogens is 226 g/mol. The van der Waals surface area contributed by atoms with Crippen LogP contribution in [0.5, 0.6) is 0 Å². The van der Waals surface area contributed by atoms with Gasteiger partial charge in [-0.1, -0.05) is 24.4 Å². The molecule has 2 N–H and O–H groups in total. The number of hydrogen-bond donors (Lipinski definition) is 2. The van der Waals surface area contributed by atoms with Crippen LogP contribution >= 0.6 is 11.6 Å². The van der Waals surface area contributed by atoms with Crippen LogP contribution in [0.3, 0.4) is 0 Å². The molecule has 0 aromatic carbocycles. The maximum absolute atomic E-state index is 9.83. The number of aliphatic hydroxyl groups is 1. The summed E-state index contributed by atoms with van der Waals surface area (Å²) in [6, 6.07) is 1.77. The average Bonchev–Trinajstić information content (AvgIpc) is 2.20. The number of nitrogens with one attached hydrogen (secondary N) is 1. The fourth-order valence-corrected chi connectivity index (χ4v) is 2.30. The first-order chi connectivity index (χ1) is 7.65. The van der Waals surface area contributed by atoms with Gasteiger partial charge < -0.3 is 10.4 Å². The van der Waals surface area contributed by atoms with Crippen molar-refractivity contribution in [2.75, 3.05) is 5.32 Å². The zero-order chi connectivity index (χ0) is 11.5. The highest BCUT2D eigenvalue weighted by Crippen LogP contribution is 2.22. The van der Waals surface area contributed by atoms with E-state index in [1.165, 1.54) is 0 Å². The lowest BCUT2D eigenvalue weighted by molar-refractivity contribution is 0.116. The van der Waals surface area contributed by atoms with Gasteiger partial charge in [-0.2, -0.15) is 0 Å². The molecule has 1 aromatic heterocycles. The van der Waals surface area contributed by atoms with E-state index in [1.54, 1.807) is 13.0 Å². The van der Waals surface area contributed by atoms with Gasteiger partial charge in [0.15, 0.2) is 0 Å². The van der Waals surface area contributed by atoms with Crippen molar-refractivity contribution in [3.63, 3.8) is 0 Å². The largest absolute Gasteiger partial charge is 0.391 e. The highest BCUT2D eigenvalue weighted by atomic mass is 35.5. The van der Waals surface area contributed by atoms with E-state index in [2.05, 4.69) is 15.3 Å².